The van der Waals surface area contributed by atoms with Gasteiger partial charge in [0.1, 0.15) is 0 Å². The van der Waals surface area contributed by atoms with E-state index in [0.717, 1.165) is 0 Å². The number of carbonyl (C=O) groups is 2. The highest BCUT2D eigenvalue weighted by atomic mass is 35.5. The quantitative estimate of drug-likeness (QED) is 0.663. The standard InChI is InChI=1S/C10H11NO5.ClH/c11-4-8(13)6-1-2-9(7(12)3-6)16-5-10(14)15;/h1-3,12H,4-5,11H2,(H,14,15);1H. The summed E-state index contributed by atoms with van der Waals surface area (Å²) in [5.41, 5.74) is 5.40. The van der Waals surface area contributed by atoms with Crippen molar-refractivity contribution in [3.05, 3.63) is 23.8 Å². The molecule has 7 heteroatoms. The van der Waals surface area contributed by atoms with Gasteiger partial charge in [-0.1, -0.05) is 0 Å². The lowest BCUT2D eigenvalue weighted by molar-refractivity contribution is -0.139. The Hall–Kier alpha value is -1.79. The molecule has 0 amide bonds. The predicted molar refractivity (Wildman–Crippen MR) is 61.9 cm³/mol. The molecule has 0 bridgehead atoms. The Morgan fingerprint density at radius 3 is 2.47 bits per heavy atom. The second kappa shape index (κ2) is 6.72. The first-order valence-corrected chi connectivity index (χ1v) is 4.45. The van der Waals surface area contributed by atoms with E-state index in [-0.39, 0.29) is 41.8 Å². The SMILES string of the molecule is Cl.NCC(=O)c1ccc(OCC(=O)O)c(O)c1. The predicted octanol–water partition coefficient (Wildman–Crippen LogP) is 0.419. The Labute approximate surface area is 103 Å². The van der Waals surface area contributed by atoms with Gasteiger partial charge >= 0.3 is 5.97 Å². The van der Waals surface area contributed by atoms with Gasteiger partial charge in [-0.15, -0.1) is 12.4 Å². The van der Waals surface area contributed by atoms with E-state index in [4.69, 9.17) is 15.6 Å². The number of aromatic hydroxyl groups is 1. The van der Waals surface area contributed by atoms with Crippen LogP contribution in [-0.4, -0.2) is 35.1 Å². The smallest absolute Gasteiger partial charge is 0.341 e. The molecule has 0 aromatic heterocycles. The number of Topliss-reactive ketones (excluding diaryl/α,β-unsaturated/α-hetero) is 1. The minimum atomic E-state index is -1.15. The maximum absolute atomic E-state index is 11.2. The number of halogens is 1. The molecule has 94 valence electrons. The molecular weight excluding hydrogens is 250 g/mol. The number of hydrogen-bond acceptors (Lipinski definition) is 5. The van der Waals surface area contributed by atoms with Gasteiger partial charge in [0.05, 0.1) is 6.54 Å². The molecule has 1 rings (SSSR count). The lowest BCUT2D eigenvalue weighted by Crippen LogP contribution is -2.13. The number of phenolic OH excluding ortho intramolecular Hbond substituents is 1. The van der Waals surface area contributed by atoms with E-state index < -0.39 is 12.6 Å². The summed E-state index contributed by atoms with van der Waals surface area (Å²) in [5, 5.41) is 17.8. The monoisotopic (exact) mass is 261 g/mol. The Morgan fingerprint density at radius 2 is 2.00 bits per heavy atom. The summed E-state index contributed by atoms with van der Waals surface area (Å²) < 4.78 is 4.77. The molecule has 4 N–H and O–H groups in total. The molecule has 0 aliphatic heterocycles. The molecule has 0 heterocycles. The van der Waals surface area contributed by atoms with Crippen LogP contribution in [0.5, 0.6) is 11.5 Å². The van der Waals surface area contributed by atoms with Gasteiger partial charge in [0.15, 0.2) is 23.9 Å². The van der Waals surface area contributed by atoms with Crippen molar-refractivity contribution in [2.45, 2.75) is 0 Å². The van der Waals surface area contributed by atoms with E-state index in [1.807, 2.05) is 0 Å². The molecular formula is C10H12ClNO5. The highest BCUT2D eigenvalue weighted by Gasteiger charge is 2.09. The first kappa shape index (κ1) is 15.2. The third kappa shape index (κ3) is 4.29. The van der Waals surface area contributed by atoms with Crippen LogP contribution in [0.1, 0.15) is 10.4 Å². The minimum absolute atomic E-state index is 0. The fourth-order valence-corrected chi connectivity index (χ4v) is 1.07. The maximum Gasteiger partial charge on any atom is 0.341 e. The van der Waals surface area contributed by atoms with Crippen molar-refractivity contribution in [1.82, 2.24) is 0 Å². The molecule has 0 spiro atoms. The Balaban J connectivity index is 0.00000256. The zero-order chi connectivity index (χ0) is 12.1. The summed E-state index contributed by atoms with van der Waals surface area (Å²) >= 11 is 0. The van der Waals surface area contributed by atoms with E-state index in [2.05, 4.69) is 0 Å². The fourth-order valence-electron chi connectivity index (χ4n) is 1.07. The van der Waals surface area contributed by atoms with Crippen molar-refractivity contribution in [1.29, 1.82) is 0 Å². The van der Waals surface area contributed by atoms with Gasteiger partial charge in [-0.3, -0.25) is 4.79 Å². The number of hydrogen-bond donors (Lipinski definition) is 3. The van der Waals surface area contributed by atoms with Crippen molar-refractivity contribution < 1.29 is 24.5 Å². The lowest BCUT2D eigenvalue weighted by atomic mass is 10.1. The average Bonchev–Trinajstić information content (AvgIpc) is 2.26. The zero-order valence-corrected chi connectivity index (χ0v) is 9.57. The van der Waals surface area contributed by atoms with Crippen LogP contribution in [-0.2, 0) is 4.79 Å². The minimum Gasteiger partial charge on any atom is -0.504 e. The summed E-state index contributed by atoms with van der Waals surface area (Å²) in [7, 11) is 0. The van der Waals surface area contributed by atoms with Crippen LogP contribution in [0.15, 0.2) is 18.2 Å². The van der Waals surface area contributed by atoms with Gasteiger partial charge in [-0.05, 0) is 18.2 Å². The topological polar surface area (TPSA) is 110 Å². The molecule has 0 fully saturated rings. The van der Waals surface area contributed by atoms with E-state index >= 15 is 0 Å². The molecule has 6 nitrogen and oxygen atoms in total. The third-order valence-corrected chi connectivity index (χ3v) is 1.82. The summed E-state index contributed by atoms with van der Waals surface area (Å²) in [6.45, 7) is -0.716. The molecule has 0 atom stereocenters. The van der Waals surface area contributed by atoms with Crippen molar-refractivity contribution in [2.75, 3.05) is 13.2 Å². The van der Waals surface area contributed by atoms with Crippen molar-refractivity contribution in [3.63, 3.8) is 0 Å². The summed E-state index contributed by atoms with van der Waals surface area (Å²) in [6, 6.07) is 3.92. The first-order chi connectivity index (χ1) is 7.54. The van der Waals surface area contributed by atoms with Crippen LogP contribution in [0.25, 0.3) is 0 Å². The van der Waals surface area contributed by atoms with Crippen LogP contribution in [0.2, 0.25) is 0 Å². The average molecular weight is 262 g/mol. The van der Waals surface area contributed by atoms with E-state index in [1.54, 1.807) is 0 Å². The molecule has 0 radical (unpaired) electrons. The second-order valence-electron chi connectivity index (χ2n) is 2.99. The van der Waals surface area contributed by atoms with Crippen LogP contribution in [0.4, 0.5) is 0 Å². The van der Waals surface area contributed by atoms with E-state index in [0.29, 0.717) is 0 Å². The van der Waals surface area contributed by atoms with Crippen LogP contribution in [0, 0.1) is 0 Å². The van der Waals surface area contributed by atoms with Gasteiger partial charge < -0.3 is 20.7 Å². The lowest BCUT2D eigenvalue weighted by Gasteiger charge is -2.06. The highest BCUT2D eigenvalue weighted by molar-refractivity contribution is 5.98. The number of aliphatic carboxylic acids is 1. The number of rotatable bonds is 5. The number of ketones is 1. The van der Waals surface area contributed by atoms with Gasteiger partial charge in [0.2, 0.25) is 0 Å². The molecule has 0 aliphatic rings. The van der Waals surface area contributed by atoms with Gasteiger partial charge in [0, 0.05) is 5.56 Å². The molecule has 1 aromatic carbocycles. The number of nitrogens with two attached hydrogens (primary N) is 1. The fraction of sp³-hybridized carbons (Fsp3) is 0.200. The van der Waals surface area contributed by atoms with E-state index in [9.17, 15) is 14.7 Å². The summed E-state index contributed by atoms with van der Waals surface area (Å²) in [4.78, 5) is 21.4. The van der Waals surface area contributed by atoms with Crippen LogP contribution in [0.3, 0.4) is 0 Å². The zero-order valence-electron chi connectivity index (χ0n) is 8.75. The van der Waals surface area contributed by atoms with Gasteiger partial charge in [-0.25, -0.2) is 4.79 Å². The number of phenols is 1. The molecule has 0 saturated carbocycles. The Kier molecular flexibility index (Phi) is 6.01. The second-order valence-corrected chi connectivity index (χ2v) is 2.99. The highest BCUT2D eigenvalue weighted by Crippen LogP contribution is 2.26. The number of benzene rings is 1. The van der Waals surface area contributed by atoms with Crippen LogP contribution < -0.4 is 10.5 Å². The number of carboxylic acids is 1. The van der Waals surface area contributed by atoms with Crippen molar-refractivity contribution in [2.24, 2.45) is 5.73 Å². The molecule has 0 aliphatic carbocycles. The Bertz CT molecular complexity index is 421. The number of carboxylic acid groups (broad SMARTS) is 1. The number of carbonyl (C=O) groups excluding carboxylic acids is 1. The van der Waals surface area contributed by atoms with Gasteiger partial charge in [-0.2, -0.15) is 0 Å². The van der Waals surface area contributed by atoms with E-state index in [1.165, 1.54) is 18.2 Å². The summed E-state index contributed by atoms with van der Waals surface area (Å²) in [5.74, 6) is -1.75. The first-order valence-electron chi connectivity index (χ1n) is 4.45. The molecule has 17 heavy (non-hydrogen) atoms. The number of ether oxygens (including phenoxy) is 1. The Morgan fingerprint density at radius 1 is 1.35 bits per heavy atom. The summed E-state index contributed by atoms with van der Waals surface area (Å²) in [6.07, 6.45) is 0. The van der Waals surface area contributed by atoms with Crippen molar-refractivity contribution in [3.8, 4) is 11.5 Å². The normalized spacial score (nSPS) is 9.24. The van der Waals surface area contributed by atoms with Crippen molar-refractivity contribution >= 4 is 24.2 Å². The largest absolute Gasteiger partial charge is 0.504 e. The molecule has 0 unspecified atom stereocenters. The van der Waals surface area contributed by atoms with Crippen LogP contribution >= 0.6 is 12.4 Å². The maximum atomic E-state index is 11.2. The van der Waals surface area contributed by atoms with Gasteiger partial charge in [0.25, 0.3) is 0 Å². The third-order valence-electron chi connectivity index (χ3n) is 1.82. The molecule has 0 saturated heterocycles. The molecule has 1 aromatic rings.